The van der Waals surface area contributed by atoms with Crippen LogP contribution in [0.4, 0.5) is 11.4 Å². The molecule has 4 rings (SSSR count). The monoisotopic (exact) mass is 420 g/mol. The Kier molecular flexibility index (Phi) is 6.29. The van der Waals surface area contributed by atoms with Gasteiger partial charge in [-0.2, -0.15) is 0 Å². The van der Waals surface area contributed by atoms with E-state index in [-0.39, 0.29) is 11.8 Å². The Labute approximate surface area is 181 Å². The molecule has 0 radical (unpaired) electrons. The second kappa shape index (κ2) is 9.28. The van der Waals surface area contributed by atoms with Crippen LogP contribution in [0.2, 0.25) is 0 Å². The van der Waals surface area contributed by atoms with Crippen LogP contribution in [0.5, 0.6) is 0 Å². The Morgan fingerprint density at radius 2 is 1.52 bits per heavy atom. The molecule has 2 heterocycles. The van der Waals surface area contributed by atoms with Crippen LogP contribution in [0.1, 0.15) is 12.7 Å². The van der Waals surface area contributed by atoms with E-state index in [0.717, 1.165) is 55.3 Å². The molecule has 8 heteroatoms. The highest BCUT2D eigenvalue weighted by atomic mass is 16.2. The maximum absolute atomic E-state index is 12.4. The highest BCUT2D eigenvalue weighted by molar-refractivity contribution is 5.93. The molecule has 0 bridgehead atoms. The number of para-hydroxylation sites is 2. The summed E-state index contributed by atoms with van der Waals surface area (Å²) in [6.07, 6.45) is 0. The summed E-state index contributed by atoms with van der Waals surface area (Å²) in [5.41, 5.74) is 3.61. The number of carbonyl (C=O) groups excluding carboxylic acids is 2. The average Bonchev–Trinajstić information content (AvgIpc) is 3.06. The SMILES string of the molecule is CC(=O)Nc1ccc(NC(=O)CN2CCN(Cc3nc4ccccc4n3C)CC2)cc1. The number of aromatic nitrogens is 2. The van der Waals surface area contributed by atoms with Gasteiger partial charge in [0.25, 0.3) is 0 Å². The zero-order valence-corrected chi connectivity index (χ0v) is 18.0. The number of aryl methyl sites for hydroxylation is 1. The van der Waals surface area contributed by atoms with E-state index in [0.29, 0.717) is 12.2 Å². The van der Waals surface area contributed by atoms with Crippen LogP contribution in [0.15, 0.2) is 48.5 Å². The van der Waals surface area contributed by atoms with E-state index < -0.39 is 0 Å². The van der Waals surface area contributed by atoms with Gasteiger partial charge in [-0.05, 0) is 36.4 Å². The molecule has 1 fully saturated rings. The number of fused-ring (bicyclic) bond motifs is 1. The molecule has 162 valence electrons. The molecular formula is C23H28N6O2. The lowest BCUT2D eigenvalue weighted by atomic mass is 10.2. The van der Waals surface area contributed by atoms with Crippen molar-refractivity contribution in [2.45, 2.75) is 13.5 Å². The lowest BCUT2D eigenvalue weighted by molar-refractivity contribution is -0.118. The minimum Gasteiger partial charge on any atom is -0.330 e. The third-order valence-corrected chi connectivity index (χ3v) is 5.57. The third-order valence-electron chi connectivity index (χ3n) is 5.57. The third kappa shape index (κ3) is 5.28. The average molecular weight is 421 g/mol. The first-order valence-electron chi connectivity index (χ1n) is 10.5. The smallest absolute Gasteiger partial charge is 0.238 e. The predicted molar refractivity (Wildman–Crippen MR) is 122 cm³/mol. The van der Waals surface area contributed by atoms with E-state index in [4.69, 9.17) is 4.98 Å². The summed E-state index contributed by atoms with van der Waals surface area (Å²) in [6, 6.07) is 15.3. The van der Waals surface area contributed by atoms with Crippen LogP contribution in [0.3, 0.4) is 0 Å². The first-order chi connectivity index (χ1) is 15.0. The van der Waals surface area contributed by atoms with Crippen molar-refractivity contribution in [2.75, 3.05) is 43.4 Å². The second-order valence-electron chi connectivity index (χ2n) is 7.93. The molecule has 2 amide bonds. The number of hydrogen-bond donors (Lipinski definition) is 2. The highest BCUT2D eigenvalue weighted by Gasteiger charge is 2.20. The van der Waals surface area contributed by atoms with Gasteiger partial charge in [0, 0.05) is 51.5 Å². The molecule has 0 aliphatic carbocycles. The van der Waals surface area contributed by atoms with E-state index in [9.17, 15) is 9.59 Å². The number of nitrogens with zero attached hydrogens (tertiary/aromatic N) is 4. The number of anilines is 2. The number of piperazine rings is 1. The van der Waals surface area contributed by atoms with E-state index in [1.165, 1.54) is 6.92 Å². The molecule has 1 aliphatic rings. The van der Waals surface area contributed by atoms with Crippen LogP contribution in [-0.4, -0.2) is 63.9 Å². The highest BCUT2D eigenvalue weighted by Crippen LogP contribution is 2.17. The first-order valence-corrected chi connectivity index (χ1v) is 10.5. The van der Waals surface area contributed by atoms with Crippen molar-refractivity contribution in [1.29, 1.82) is 0 Å². The normalized spacial score (nSPS) is 15.2. The number of rotatable bonds is 6. The van der Waals surface area contributed by atoms with Gasteiger partial charge >= 0.3 is 0 Å². The number of amides is 2. The first kappa shape index (κ1) is 21.0. The minimum atomic E-state index is -0.118. The molecule has 0 spiro atoms. The summed E-state index contributed by atoms with van der Waals surface area (Å²) in [4.78, 5) is 32.8. The largest absolute Gasteiger partial charge is 0.330 e. The van der Waals surface area contributed by atoms with E-state index in [1.807, 2.05) is 18.2 Å². The van der Waals surface area contributed by atoms with Crippen molar-refractivity contribution in [2.24, 2.45) is 7.05 Å². The van der Waals surface area contributed by atoms with Crippen molar-refractivity contribution in [3.8, 4) is 0 Å². The van der Waals surface area contributed by atoms with Gasteiger partial charge in [0.15, 0.2) is 0 Å². The lowest BCUT2D eigenvalue weighted by Gasteiger charge is -2.34. The van der Waals surface area contributed by atoms with Crippen molar-refractivity contribution in [3.05, 3.63) is 54.4 Å². The molecule has 1 aliphatic heterocycles. The summed E-state index contributed by atoms with van der Waals surface area (Å²) >= 11 is 0. The molecule has 0 atom stereocenters. The fourth-order valence-corrected chi connectivity index (χ4v) is 3.89. The molecule has 3 aromatic rings. The summed E-state index contributed by atoms with van der Waals surface area (Å²) in [5, 5.41) is 5.64. The molecule has 0 unspecified atom stereocenters. The molecule has 1 aromatic heterocycles. The molecule has 31 heavy (non-hydrogen) atoms. The van der Waals surface area contributed by atoms with Crippen molar-refractivity contribution >= 4 is 34.2 Å². The van der Waals surface area contributed by atoms with Gasteiger partial charge in [0.1, 0.15) is 5.82 Å². The van der Waals surface area contributed by atoms with Crippen molar-refractivity contribution in [3.63, 3.8) is 0 Å². The van der Waals surface area contributed by atoms with Crippen molar-refractivity contribution < 1.29 is 9.59 Å². The molecule has 2 aromatic carbocycles. The minimum absolute atomic E-state index is 0.0314. The standard InChI is InChI=1S/C23H28N6O2/c1-17(30)24-18-7-9-19(10-8-18)25-23(31)16-29-13-11-28(12-14-29)15-22-26-20-5-3-4-6-21(20)27(22)2/h3-10H,11-16H2,1-2H3,(H,24,30)(H,25,31). The topological polar surface area (TPSA) is 82.5 Å². The predicted octanol–water partition coefficient (Wildman–Crippen LogP) is 2.29. The number of hydrogen-bond acceptors (Lipinski definition) is 5. The Morgan fingerprint density at radius 1 is 0.903 bits per heavy atom. The summed E-state index contributed by atoms with van der Waals surface area (Å²) in [5.74, 6) is 0.915. The summed E-state index contributed by atoms with van der Waals surface area (Å²) in [6.45, 7) is 6.15. The van der Waals surface area contributed by atoms with Crippen LogP contribution in [-0.2, 0) is 23.2 Å². The maximum atomic E-state index is 12.4. The molecule has 1 saturated heterocycles. The van der Waals surface area contributed by atoms with Gasteiger partial charge in [-0.15, -0.1) is 0 Å². The van der Waals surface area contributed by atoms with Crippen LogP contribution < -0.4 is 10.6 Å². The van der Waals surface area contributed by atoms with Crippen molar-refractivity contribution in [1.82, 2.24) is 19.4 Å². The Morgan fingerprint density at radius 3 is 2.16 bits per heavy atom. The Bertz CT molecular complexity index is 1070. The summed E-state index contributed by atoms with van der Waals surface area (Å²) in [7, 11) is 2.06. The van der Waals surface area contributed by atoms with Gasteiger partial charge in [0.2, 0.25) is 11.8 Å². The zero-order valence-electron chi connectivity index (χ0n) is 18.0. The van der Waals surface area contributed by atoms with Gasteiger partial charge in [-0.3, -0.25) is 19.4 Å². The fourth-order valence-electron chi connectivity index (χ4n) is 3.89. The van der Waals surface area contributed by atoms with E-state index in [1.54, 1.807) is 24.3 Å². The number of imidazole rings is 1. The van der Waals surface area contributed by atoms with Crippen LogP contribution >= 0.6 is 0 Å². The van der Waals surface area contributed by atoms with E-state index in [2.05, 4.69) is 38.1 Å². The quantitative estimate of drug-likeness (QED) is 0.639. The molecule has 2 N–H and O–H groups in total. The van der Waals surface area contributed by atoms with Gasteiger partial charge in [-0.1, -0.05) is 12.1 Å². The number of nitrogens with one attached hydrogen (secondary N) is 2. The molecule has 8 nitrogen and oxygen atoms in total. The number of benzene rings is 2. The second-order valence-corrected chi connectivity index (χ2v) is 7.93. The van der Waals surface area contributed by atoms with Gasteiger partial charge in [-0.25, -0.2) is 4.98 Å². The number of carbonyl (C=O) groups is 2. The Balaban J connectivity index is 1.24. The van der Waals surface area contributed by atoms with Crippen LogP contribution in [0, 0.1) is 0 Å². The zero-order chi connectivity index (χ0) is 21.8. The summed E-state index contributed by atoms with van der Waals surface area (Å²) < 4.78 is 2.16. The van der Waals surface area contributed by atoms with Crippen LogP contribution in [0.25, 0.3) is 11.0 Å². The van der Waals surface area contributed by atoms with Gasteiger partial charge < -0.3 is 15.2 Å². The molecular weight excluding hydrogens is 392 g/mol. The maximum Gasteiger partial charge on any atom is 0.238 e. The molecule has 0 saturated carbocycles. The van der Waals surface area contributed by atoms with Gasteiger partial charge in [0.05, 0.1) is 24.1 Å². The lowest BCUT2D eigenvalue weighted by Crippen LogP contribution is -2.48. The fraction of sp³-hybridized carbons (Fsp3) is 0.348. The van der Waals surface area contributed by atoms with E-state index >= 15 is 0 Å². The Hall–Kier alpha value is -3.23.